The van der Waals surface area contributed by atoms with Crippen LogP contribution in [-0.2, 0) is 0 Å². The quantitative estimate of drug-likeness (QED) is 0.553. The van der Waals surface area contributed by atoms with Gasteiger partial charge < -0.3 is 15.9 Å². The Morgan fingerprint density at radius 2 is 2.06 bits per heavy atom. The van der Waals surface area contributed by atoms with Crippen LogP contribution in [0.1, 0.15) is 24.2 Å². The second-order valence-electron chi connectivity index (χ2n) is 3.62. The summed E-state index contributed by atoms with van der Waals surface area (Å²) in [5.74, 6) is -0.980. The molecule has 2 unspecified atom stereocenters. The molecule has 0 fully saturated rings. The molecule has 0 aliphatic carbocycles. The summed E-state index contributed by atoms with van der Waals surface area (Å²) in [5.41, 5.74) is 6.48. The van der Waals surface area contributed by atoms with E-state index in [1.807, 2.05) is 6.92 Å². The molecule has 1 aromatic carbocycles. The van der Waals surface area contributed by atoms with E-state index in [0.29, 0.717) is 10.6 Å². The van der Waals surface area contributed by atoms with Crippen molar-refractivity contribution in [1.82, 2.24) is 0 Å². The Morgan fingerprint density at radius 1 is 1.44 bits per heavy atom. The summed E-state index contributed by atoms with van der Waals surface area (Å²) in [6, 6.07) is 4.57. The number of hydrogen-bond donors (Lipinski definition) is 3. The van der Waals surface area contributed by atoms with E-state index in [4.69, 9.17) is 10.8 Å². The van der Waals surface area contributed by atoms with E-state index in [1.165, 1.54) is 23.9 Å². The Kier molecular flexibility index (Phi) is 4.20. The highest BCUT2D eigenvalue weighted by Crippen LogP contribution is 2.31. The summed E-state index contributed by atoms with van der Waals surface area (Å²) in [5, 5.41) is 18.2. The largest absolute Gasteiger partial charge is 0.478 e. The highest BCUT2D eigenvalue weighted by atomic mass is 32.2. The minimum Gasteiger partial charge on any atom is -0.478 e. The topological polar surface area (TPSA) is 83.5 Å². The highest BCUT2D eigenvalue weighted by molar-refractivity contribution is 8.00. The summed E-state index contributed by atoms with van der Waals surface area (Å²) in [7, 11) is 0. The number of carboxylic acid groups (broad SMARTS) is 1. The summed E-state index contributed by atoms with van der Waals surface area (Å²) in [4.78, 5) is 11.5. The number of aliphatic hydroxyl groups is 1. The monoisotopic (exact) mass is 241 g/mol. The van der Waals surface area contributed by atoms with E-state index in [9.17, 15) is 9.90 Å². The zero-order chi connectivity index (χ0) is 12.3. The number of carboxylic acids is 1. The molecule has 4 nitrogen and oxygen atoms in total. The summed E-state index contributed by atoms with van der Waals surface area (Å²) >= 11 is 1.37. The van der Waals surface area contributed by atoms with Crippen LogP contribution in [0, 0.1) is 0 Å². The van der Waals surface area contributed by atoms with Crippen LogP contribution in [-0.4, -0.2) is 27.5 Å². The van der Waals surface area contributed by atoms with Gasteiger partial charge in [0.25, 0.3) is 0 Å². The second-order valence-corrected chi connectivity index (χ2v) is 5.04. The average Bonchev–Trinajstić information content (AvgIpc) is 2.20. The molecule has 0 aliphatic rings. The third kappa shape index (κ3) is 3.15. The number of nitrogen functional groups attached to an aromatic ring is 1. The SMILES string of the molecule is CC(O)C(C)Sc1cc(C(=O)O)ccc1N. The van der Waals surface area contributed by atoms with Gasteiger partial charge in [-0.1, -0.05) is 6.92 Å². The van der Waals surface area contributed by atoms with Crippen LogP contribution in [0.4, 0.5) is 5.69 Å². The van der Waals surface area contributed by atoms with Crippen molar-refractivity contribution in [3.05, 3.63) is 23.8 Å². The number of aromatic carboxylic acids is 1. The Morgan fingerprint density at radius 3 is 2.56 bits per heavy atom. The number of rotatable bonds is 4. The molecule has 0 bridgehead atoms. The van der Waals surface area contributed by atoms with Crippen molar-refractivity contribution < 1.29 is 15.0 Å². The first kappa shape index (κ1) is 12.9. The van der Waals surface area contributed by atoms with Crippen LogP contribution in [0.15, 0.2) is 23.1 Å². The Hall–Kier alpha value is -1.20. The van der Waals surface area contributed by atoms with E-state index in [0.717, 1.165) is 0 Å². The lowest BCUT2D eigenvalue weighted by Crippen LogP contribution is -2.15. The van der Waals surface area contributed by atoms with Crippen LogP contribution >= 0.6 is 11.8 Å². The van der Waals surface area contributed by atoms with Gasteiger partial charge in [0.15, 0.2) is 0 Å². The molecule has 0 saturated carbocycles. The first-order chi connectivity index (χ1) is 7.41. The van der Waals surface area contributed by atoms with Gasteiger partial charge in [-0.05, 0) is 25.1 Å². The number of carbonyl (C=O) groups is 1. The summed E-state index contributed by atoms with van der Waals surface area (Å²) in [6.07, 6.45) is -0.474. The van der Waals surface area contributed by atoms with Crippen molar-refractivity contribution >= 4 is 23.4 Å². The molecule has 2 atom stereocenters. The molecule has 0 amide bonds. The van der Waals surface area contributed by atoms with Gasteiger partial charge in [0.1, 0.15) is 0 Å². The Balaban J connectivity index is 2.94. The van der Waals surface area contributed by atoms with Crippen molar-refractivity contribution in [2.75, 3.05) is 5.73 Å². The standard InChI is InChI=1S/C11H15NO3S/c1-6(13)7(2)16-10-5-8(11(14)15)3-4-9(10)12/h3-7,13H,12H2,1-2H3,(H,14,15). The van der Waals surface area contributed by atoms with Gasteiger partial charge >= 0.3 is 5.97 Å². The molecular weight excluding hydrogens is 226 g/mol. The fourth-order valence-corrected chi connectivity index (χ4v) is 2.06. The third-order valence-electron chi connectivity index (χ3n) is 2.25. The molecule has 0 radical (unpaired) electrons. The number of anilines is 1. The Bertz CT molecular complexity index is 393. The van der Waals surface area contributed by atoms with Crippen LogP contribution in [0.5, 0.6) is 0 Å². The lowest BCUT2D eigenvalue weighted by molar-refractivity contribution is 0.0696. The molecule has 16 heavy (non-hydrogen) atoms. The van der Waals surface area contributed by atoms with Gasteiger partial charge in [-0.3, -0.25) is 0 Å². The molecule has 0 spiro atoms. The zero-order valence-electron chi connectivity index (χ0n) is 9.18. The van der Waals surface area contributed by atoms with Crippen molar-refractivity contribution in [3.8, 4) is 0 Å². The van der Waals surface area contributed by atoms with Gasteiger partial charge in [-0.2, -0.15) is 0 Å². The Labute approximate surface area is 98.5 Å². The van der Waals surface area contributed by atoms with Gasteiger partial charge in [-0.15, -0.1) is 11.8 Å². The van der Waals surface area contributed by atoms with Crippen LogP contribution in [0.3, 0.4) is 0 Å². The zero-order valence-corrected chi connectivity index (χ0v) is 9.99. The second kappa shape index (κ2) is 5.23. The minimum atomic E-state index is -0.980. The average molecular weight is 241 g/mol. The molecular formula is C11H15NO3S. The molecule has 0 aliphatic heterocycles. The van der Waals surface area contributed by atoms with Gasteiger partial charge in [0, 0.05) is 15.8 Å². The first-order valence-corrected chi connectivity index (χ1v) is 5.77. The van der Waals surface area contributed by atoms with Crippen molar-refractivity contribution in [3.63, 3.8) is 0 Å². The third-order valence-corrected chi connectivity index (χ3v) is 3.63. The molecule has 0 aromatic heterocycles. The van der Waals surface area contributed by atoms with E-state index < -0.39 is 12.1 Å². The lowest BCUT2D eigenvalue weighted by Gasteiger charge is -2.15. The molecule has 4 N–H and O–H groups in total. The number of thioether (sulfide) groups is 1. The number of benzene rings is 1. The number of hydrogen-bond acceptors (Lipinski definition) is 4. The summed E-state index contributed by atoms with van der Waals surface area (Å²) < 4.78 is 0. The predicted octanol–water partition coefficient (Wildman–Crippen LogP) is 1.83. The lowest BCUT2D eigenvalue weighted by atomic mass is 10.2. The molecule has 0 saturated heterocycles. The number of nitrogens with two attached hydrogens (primary N) is 1. The maximum atomic E-state index is 10.8. The van der Waals surface area contributed by atoms with Gasteiger partial charge in [0.05, 0.1) is 11.7 Å². The van der Waals surface area contributed by atoms with Crippen LogP contribution < -0.4 is 5.73 Å². The minimum absolute atomic E-state index is 0.0358. The van der Waals surface area contributed by atoms with Crippen LogP contribution in [0.25, 0.3) is 0 Å². The van der Waals surface area contributed by atoms with Gasteiger partial charge in [-0.25, -0.2) is 4.79 Å². The molecule has 1 rings (SSSR count). The van der Waals surface area contributed by atoms with E-state index >= 15 is 0 Å². The maximum Gasteiger partial charge on any atom is 0.335 e. The smallest absolute Gasteiger partial charge is 0.335 e. The van der Waals surface area contributed by atoms with E-state index in [1.54, 1.807) is 13.0 Å². The fraction of sp³-hybridized carbons (Fsp3) is 0.364. The predicted molar refractivity (Wildman–Crippen MR) is 64.8 cm³/mol. The van der Waals surface area contributed by atoms with Crippen LogP contribution in [0.2, 0.25) is 0 Å². The maximum absolute atomic E-state index is 10.8. The summed E-state index contributed by atoms with van der Waals surface area (Å²) in [6.45, 7) is 3.55. The molecule has 1 aromatic rings. The van der Waals surface area contributed by atoms with Gasteiger partial charge in [0.2, 0.25) is 0 Å². The first-order valence-electron chi connectivity index (χ1n) is 4.89. The molecule has 5 heteroatoms. The van der Waals surface area contributed by atoms with Crippen molar-refractivity contribution in [2.24, 2.45) is 0 Å². The van der Waals surface area contributed by atoms with Crippen molar-refractivity contribution in [1.29, 1.82) is 0 Å². The fourth-order valence-electron chi connectivity index (χ4n) is 1.07. The highest BCUT2D eigenvalue weighted by Gasteiger charge is 2.14. The van der Waals surface area contributed by atoms with E-state index in [-0.39, 0.29) is 10.8 Å². The molecule has 0 heterocycles. The molecule has 88 valence electrons. The van der Waals surface area contributed by atoms with E-state index in [2.05, 4.69) is 0 Å². The normalized spacial score (nSPS) is 14.4. The number of aliphatic hydroxyl groups excluding tert-OH is 1. The van der Waals surface area contributed by atoms with Crippen molar-refractivity contribution in [2.45, 2.75) is 30.1 Å².